The molecule has 0 fully saturated rings. The normalized spacial score (nSPS) is 13.3. The van der Waals surface area contributed by atoms with Gasteiger partial charge in [0.25, 0.3) is 0 Å². The second-order valence-electron chi connectivity index (χ2n) is 3.64. The highest BCUT2D eigenvalue weighted by Gasteiger charge is 2.31. The Balaban J connectivity index is 1.94. The summed E-state index contributed by atoms with van der Waals surface area (Å²) in [6.45, 7) is 0. The minimum absolute atomic E-state index is 0.0981. The summed E-state index contributed by atoms with van der Waals surface area (Å²) >= 11 is 1.43. The number of hydrogen-bond acceptors (Lipinski definition) is 5. The molecule has 0 N–H and O–H groups in total. The van der Waals surface area contributed by atoms with Crippen LogP contribution >= 0.6 is 11.8 Å². The van der Waals surface area contributed by atoms with Crippen molar-refractivity contribution in [3.63, 3.8) is 0 Å². The third-order valence-electron chi connectivity index (χ3n) is 2.43. The van der Waals surface area contributed by atoms with Crippen LogP contribution in [0.15, 0.2) is 52.4 Å². The fourth-order valence-electron chi connectivity index (χ4n) is 1.62. The number of nitrogens with zero attached hydrogens (tertiary/aromatic N) is 1. The van der Waals surface area contributed by atoms with Crippen LogP contribution in [0.3, 0.4) is 0 Å². The molecule has 88 valence electrons. The van der Waals surface area contributed by atoms with Gasteiger partial charge in [-0.25, -0.2) is 14.6 Å². The predicted molar refractivity (Wildman–Crippen MR) is 64.5 cm³/mol. The summed E-state index contributed by atoms with van der Waals surface area (Å²) in [5, 5.41) is 0.659. The number of hydrogen-bond donors (Lipinski definition) is 0. The van der Waals surface area contributed by atoms with Crippen molar-refractivity contribution in [1.82, 2.24) is 4.98 Å². The van der Waals surface area contributed by atoms with Crippen LogP contribution in [0.1, 0.15) is 20.8 Å². The summed E-state index contributed by atoms with van der Waals surface area (Å²) in [6, 6.07) is 12.9. The van der Waals surface area contributed by atoms with Crippen LogP contribution in [0.2, 0.25) is 0 Å². The predicted octanol–water partition coefficient (Wildman–Crippen LogP) is 2.54. The summed E-state index contributed by atoms with van der Waals surface area (Å²) < 4.78 is 4.49. The van der Waals surface area contributed by atoms with Crippen LogP contribution in [-0.4, -0.2) is 16.9 Å². The Morgan fingerprint density at radius 1 is 0.944 bits per heavy atom. The van der Waals surface area contributed by atoms with Crippen molar-refractivity contribution in [3.05, 3.63) is 53.7 Å². The highest BCUT2D eigenvalue weighted by atomic mass is 32.2. The molecular formula is C13H7NO3S. The topological polar surface area (TPSA) is 56.3 Å². The van der Waals surface area contributed by atoms with E-state index in [0.29, 0.717) is 5.03 Å². The molecule has 5 heteroatoms. The molecule has 0 aliphatic carbocycles. The first-order valence-electron chi connectivity index (χ1n) is 5.24. The number of benzene rings is 1. The van der Waals surface area contributed by atoms with Crippen molar-refractivity contribution in [2.45, 2.75) is 9.92 Å². The van der Waals surface area contributed by atoms with Gasteiger partial charge in [0.05, 0.1) is 5.56 Å². The second kappa shape index (κ2) is 4.27. The molecule has 0 amide bonds. The van der Waals surface area contributed by atoms with E-state index in [1.54, 1.807) is 12.1 Å². The Morgan fingerprint density at radius 3 is 2.50 bits per heavy atom. The first kappa shape index (κ1) is 11.0. The fourth-order valence-corrected chi connectivity index (χ4v) is 2.42. The minimum Gasteiger partial charge on any atom is -0.384 e. The van der Waals surface area contributed by atoms with E-state index in [9.17, 15) is 9.59 Å². The quantitative estimate of drug-likeness (QED) is 0.611. The maximum atomic E-state index is 11.4. The Morgan fingerprint density at radius 2 is 1.72 bits per heavy atom. The lowest BCUT2D eigenvalue weighted by molar-refractivity contribution is 0.0441. The van der Waals surface area contributed by atoms with Gasteiger partial charge < -0.3 is 4.74 Å². The summed E-state index contributed by atoms with van der Waals surface area (Å²) in [6.07, 6.45) is 0. The molecule has 4 nitrogen and oxygen atoms in total. The molecule has 1 aromatic carbocycles. The summed E-state index contributed by atoms with van der Waals surface area (Å²) in [7, 11) is 0. The van der Waals surface area contributed by atoms with Crippen molar-refractivity contribution < 1.29 is 14.3 Å². The van der Waals surface area contributed by atoms with Crippen LogP contribution in [0.4, 0.5) is 0 Å². The Hall–Kier alpha value is -2.14. The molecule has 0 saturated carbocycles. The number of rotatable bonds is 2. The first-order valence-corrected chi connectivity index (χ1v) is 6.06. The molecule has 18 heavy (non-hydrogen) atoms. The molecule has 2 heterocycles. The molecule has 0 saturated heterocycles. The lowest BCUT2D eigenvalue weighted by Gasteiger charge is -2.00. The Labute approximate surface area is 107 Å². The number of carbonyl (C=O) groups is 2. The summed E-state index contributed by atoms with van der Waals surface area (Å²) in [5.41, 5.74) is 0.332. The largest absolute Gasteiger partial charge is 0.384 e. The first-order chi connectivity index (χ1) is 8.74. The molecular weight excluding hydrogens is 250 g/mol. The van der Waals surface area contributed by atoms with Crippen molar-refractivity contribution >= 4 is 23.7 Å². The fraction of sp³-hybridized carbons (Fsp3) is 0. The van der Waals surface area contributed by atoms with Crippen LogP contribution in [-0.2, 0) is 4.74 Å². The van der Waals surface area contributed by atoms with E-state index >= 15 is 0 Å². The van der Waals surface area contributed by atoms with E-state index in [1.165, 1.54) is 11.8 Å². The van der Waals surface area contributed by atoms with Crippen molar-refractivity contribution in [2.75, 3.05) is 0 Å². The number of cyclic esters (lactones) is 2. The van der Waals surface area contributed by atoms with Gasteiger partial charge in [-0.1, -0.05) is 30.0 Å². The zero-order chi connectivity index (χ0) is 12.5. The van der Waals surface area contributed by atoms with Gasteiger partial charge in [-0.05, 0) is 24.3 Å². The van der Waals surface area contributed by atoms with Gasteiger partial charge >= 0.3 is 11.9 Å². The van der Waals surface area contributed by atoms with E-state index in [4.69, 9.17) is 0 Å². The summed E-state index contributed by atoms with van der Waals surface area (Å²) in [4.78, 5) is 27.8. The maximum absolute atomic E-state index is 11.4. The lowest BCUT2D eigenvalue weighted by Crippen LogP contribution is -1.98. The standard InChI is InChI=1S/C13H7NO3S/c15-12-9-6-7-10(14-11(9)13(16)17-12)18-8-4-2-1-3-5-8/h1-7H. The van der Waals surface area contributed by atoms with E-state index in [-0.39, 0.29) is 11.3 Å². The third kappa shape index (κ3) is 1.89. The molecule has 0 radical (unpaired) electrons. The summed E-state index contributed by atoms with van der Waals surface area (Å²) in [5.74, 6) is -1.30. The molecule has 3 rings (SSSR count). The number of carbonyl (C=O) groups excluding carboxylic acids is 2. The van der Waals surface area contributed by atoms with Gasteiger partial charge in [-0.3, -0.25) is 0 Å². The molecule has 1 aromatic heterocycles. The van der Waals surface area contributed by atoms with E-state index in [0.717, 1.165) is 4.90 Å². The Bertz CT molecular complexity index is 640. The molecule has 0 spiro atoms. The molecule has 0 bridgehead atoms. The van der Waals surface area contributed by atoms with Gasteiger partial charge in [0.2, 0.25) is 0 Å². The number of esters is 2. The van der Waals surface area contributed by atoms with Crippen LogP contribution in [0.5, 0.6) is 0 Å². The lowest BCUT2D eigenvalue weighted by atomic mass is 10.2. The SMILES string of the molecule is O=C1OC(=O)c2nc(Sc3ccccc3)ccc21. The van der Waals surface area contributed by atoms with Gasteiger partial charge in [0.15, 0.2) is 5.69 Å². The maximum Gasteiger partial charge on any atom is 0.365 e. The number of fused-ring (bicyclic) bond motifs is 1. The highest BCUT2D eigenvalue weighted by molar-refractivity contribution is 7.99. The average molecular weight is 257 g/mol. The van der Waals surface area contributed by atoms with Gasteiger partial charge in [-0.15, -0.1) is 0 Å². The molecule has 1 aliphatic heterocycles. The van der Waals surface area contributed by atoms with Crippen molar-refractivity contribution in [3.8, 4) is 0 Å². The minimum atomic E-state index is -0.675. The van der Waals surface area contributed by atoms with Gasteiger partial charge in [-0.2, -0.15) is 0 Å². The van der Waals surface area contributed by atoms with Crippen LogP contribution in [0.25, 0.3) is 0 Å². The van der Waals surface area contributed by atoms with E-state index < -0.39 is 11.9 Å². The van der Waals surface area contributed by atoms with Gasteiger partial charge in [0, 0.05) is 4.90 Å². The zero-order valence-corrected chi connectivity index (χ0v) is 9.94. The van der Waals surface area contributed by atoms with Crippen molar-refractivity contribution in [1.29, 1.82) is 0 Å². The third-order valence-corrected chi connectivity index (χ3v) is 3.38. The molecule has 1 aliphatic rings. The molecule has 0 unspecified atom stereocenters. The molecule has 2 aromatic rings. The monoisotopic (exact) mass is 257 g/mol. The second-order valence-corrected chi connectivity index (χ2v) is 4.73. The van der Waals surface area contributed by atoms with Crippen LogP contribution < -0.4 is 0 Å². The average Bonchev–Trinajstić information content (AvgIpc) is 2.66. The zero-order valence-electron chi connectivity index (χ0n) is 9.12. The van der Waals surface area contributed by atoms with E-state index in [2.05, 4.69) is 9.72 Å². The highest BCUT2D eigenvalue weighted by Crippen LogP contribution is 2.28. The van der Waals surface area contributed by atoms with Crippen LogP contribution in [0, 0.1) is 0 Å². The Kier molecular flexibility index (Phi) is 2.60. The molecule has 0 atom stereocenters. The number of ether oxygens (including phenoxy) is 1. The smallest absolute Gasteiger partial charge is 0.365 e. The number of aromatic nitrogens is 1. The van der Waals surface area contributed by atoms with Gasteiger partial charge in [0.1, 0.15) is 5.03 Å². The number of pyridine rings is 1. The van der Waals surface area contributed by atoms with E-state index in [1.807, 2.05) is 30.3 Å². The van der Waals surface area contributed by atoms with Crippen molar-refractivity contribution in [2.24, 2.45) is 0 Å².